The molecule has 8 nitrogen and oxygen atoms in total. The van der Waals surface area contributed by atoms with E-state index >= 15 is 0 Å². The molecule has 29 heavy (non-hydrogen) atoms. The van der Waals surface area contributed by atoms with Crippen LogP contribution in [0.1, 0.15) is 40.5 Å². The van der Waals surface area contributed by atoms with Gasteiger partial charge in [0.2, 0.25) is 11.8 Å². The van der Waals surface area contributed by atoms with Gasteiger partial charge in [-0.2, -0.15) is 0 Å². The maximum atomic E-state index is 11.8. The Morgan fingerprint density at radius 2 is 1.28 bits per heavy atom. The second-order valence-electron chi connectivity index (χ2n) is 6.66. The Morgan fingerprint density at radius 1 is 0.862 bits per heavy atom. The smallest absolute Gasteiger partial charge is 0.230 e. The van der Waals surface area contributed by atoms with E-state index in [0.29, 0.717) is 37.8 Å². The highest BCUT2D eigenvalue weighted by atomic mass is 32.2. The molecule has 0 spiro atoms. The van der Waals surface area contributed by atoms with Crippen molar-refractivity contribution in [3.8, 4) is 0 Å². The number of nitrogens with zero attached hydrogens (tertiary/aromatic N) is 2. The molecule has 2 N–H and O–H groups in total. The van der Waals surface area contributed by atoms with Crippen molar-refractivity contribution in [3.05, 3.63) is 0 Å². The lowest BCUT2D eigenvalue weighted by molar-refractivity contribution is -0.119. The Bertz CT molecular complexity index is 551. The first-order chi connectivity index (χ1) is 13.9. The van der Waals surface area contributed by atoms with Crippen LogP contribution in [0.3, 0.4) is 0 Å². The van der Waals surface area contributed by atoms with Gasteiger partial charge in [0.25, 0.3) is 0 Å². The first kappa shape index (κ1) is 26.2. The van der Waals surface area contributed by atoms with E-state index in [1.807, 2.05) is 27.7 Å². The molecule has 1 aromatic rings. The number of hydrogen-bond donors (Lipinski definition) is 2. The van der Waals surface area contributed by atoms with Gasteiger partial charge >= 0.3 is 0 Å². The monoisotopic (exact) mass is 464 g/mol. The topological polar surface area (TPSA) is 102 Å². The van der Waals surface area contributed by atoms with Crippen LogP contribution in [0.5, 0.6) is 0 Å². The molecule has 0 saturated carbocycles. The van der Waals surface area contributed by atoms with Crippen LogP contribution in [0.4, 0.5) is 0 Å². The predicted molar refractivity (Wildman–Crippen MR) is 119 cm³/mol. The molecule has 0 unspecified atom stereocenters. The standard InChI is InChI=1S/C18H32N4O4S3/c1-13(2)25-9-5-7-19-15(23)11-27-17-21-22-18(29-17)28-12-16(24)20-8-6-10-26-14(3)4/h13-14H,5-12H2,1-4H3,(H,19,23)(H,20,24). The van der Waals surface area contributed by atoms with Crippen molar-refractivity contribution < 1.29 is 19.1 Å². The number of hydrogen-bond acceptors (Lipinski definition) is 9. The molecule has 2 amide bonds. The molecule has 1 aromatic heterocycles. The molecule has 166 valence electrons. The number of ether oxygens (including phenoxy) is 2. The van der Waals surface area contributed by atoms with E-state index in [1.54, 1.807) is 0 Å². The fraction of sp³-hybridized carbons (Fsp3) is 0.778. The quantitative estimate of drug-likeness (QED) is 0.284. The number of carbonyl (C=O) groups is 2. The highest BCUT2D eigenvalue weighted by Crippen LogP contribution is 2.28. The first-order valence-electron chi connectivity index (χ1n) is 9.72. The molecular weight excluding hydrogens is 432 g/mol. The summed E-state index contributed by atoms with van der Waals surface area (Å²) in [6.45, 7) is 10.4. The van der Waals surface area contributed by atoms with E-state index < -0.39 is 0 Å². The van der Waals surface area contributed by atoms with Crippen molar-refractivity contribution in [3.63, 3.8) is 0 Å². The zero-order chi connectivity index (χ0) is 21.5. The van der Waals surface area contributed by atoms with Crippen LogP contribution >= 0.6 is 34.9 Å². The van der Waals surface area contributed by atoms with E-state index in [2.05, 4.69) is 20.8 Å². The van der Waals surface area contributed by atoms with Gasteiger partial charge in [0, 0.05) is 26.3 Å². The van der Waals surface area contributed by atoms with Crippen LogP contribution in [0.25, 0.3) is 0 Å². The van der Waals surface area contributed by atoms with E-state index in [4.69, 9.17) is 9.47 Å². The zero-order valence-electron chi connectivity index (χ0n) is 17.6. The third-order valence-electron chi connectivity index (χ3n) is 3.23. The number of amides is 2. The van der Waals surface area contributed by atoms with Gasteiger partial charge in [-0.3, -0.25) is 9.59 Å². The minimum Gasteiger partial charge on any atom is -0.379 e. The van der Waals surface area contributed by atoms with Gasteiger partial charge in [0.15, 0.2) is 8.68 Å². The fourth-order valence-corrected chi connectivity index (χ4v) is 4.59. The largest absolute Gasteiger partial charge is 0.379 e. The molecule has 0 aromatic carbocycles. The summed E-state index contributed by atoms with van der Waals surface area (Å²) in [5.41, 5.74) is 0. The number of thioether (sulfide) groups is 2. The van der Waals surface area contributed by atoms with Gasteiger partial charge in [0.05, 0.1) is 23.7 Å². The molecule has 1 heterocycles. The van der Waals surface area contributed by atoms with Gasteiger partial charge in [-0.25, -0.2) is 0 Å². The van der Waals surface area contributed by atoms with Crippen LogP contribution < -0.4 is 10.6 Å². The Labute approximate surface area is 185 Å². The minimum atomic E-state index is -0.0372. The molecule has 1 rings (SSSR count). The van der Waals surface area contributed by atoms with E-state index in [0.717, 1.165) is 21.5 Å². The molecule has 0 fully saturated rings. The van der Waals surface area contributed by atoms with Gasteiger partial charge in [-0.15, -0.1) is 10.2 Å². The van der Waals surface area contributed by atoms with Gasteiger partial charge in [-0.05, 0) is 40.5 Å². The van der Waals surface area contributed by atoms with Crippen LogP contribution in [0.2, 0.25) is 0 Å². The molecule has 0 aliphatic heterocycles. The molecule has 0 aliphatic carbocycles. The van der Waals surface area contributed by atoms with Crippen molar-refractivity contribution in [2.45, 2.75) is 61.4 Å². The minimum absolute atomic E-state index is 0.0372. The highest BCUT2D eigenvalue weighted by molar-refractivity contribution is 8.03. The van der Waals surface area contributed by atoms with E-state index in [9.17, 15) is 9.59 Å². The van der Waals surface area contributed by atoms with Crippen LogP contribution in [0.15, 0.2) is 8.68 Å². The van der Waals surface area contributed by atoms with Gasteiger partial charge < -0.3 is 20.1 Å². The number of nitrogens with one attached hydrogen (secondary N) is 2. The summed E-state index contributed by atoms with van der Waals surface area (Å²) in [5.74, 6) is 0.515. The molecule has 11 heteroatoms. The van der Waals surface area contributed by atoms with Crippen molar-refractivity contribution in [1.82, 2.24) is 20.8 Å². The second-order valence-corrected chi connectivity index (χ2v) is 10.1. The average molecular weight is 465 g/mol. The summed E-state index contributed by atoms with van der Waals surface area (Å²) in [5, 5.41) is 13.8. The number of carbonyl (C=O) groups excluding carboxylic acids is 2. The van der Waals surface area contributed by atoms with Crippen LogP contribution in [0, 0.1) is 0 Å². The Balaban J connectivity index is 2.11. The Morgan fingerprint density at radius 3 is 1.66 bits per heavy atom. The maximum absolute atomic E-state index is 11.8. The van der Waals surface area contributed by atoms with Crippen LogP contribution in [-0.2, 0) is 19.1 Å². The lowest BCUT2D eigenvalue weighted by Crippen LogP contribution is -2.27. The van der Waals surface area contributed by atoms with E-state index in [-0.39, 0.29) is 24.0 Å². The van der Waals surface area contributed by atoms with Crippen molar-refractivity contribution in [2.24, 2.45) is 0 Å². The number of aromatic nitrogens is 2. The van der Waals surface area contributed by atoms with Crippen LogP contribution in [-0.4, -0.2) is 72.0 Å². The zero-order valence-corrected chi connectivity index (χ0v) is 20.0. The normalized spacial score (nSPS) is 11.2. The Hall–Kier alpha value is -0.880. The third kappa shape index (κ3) is 14.7. The SMILES string of the molecule is CC(C)OCCCNC(=O)CSc1nnc(SCC(=O)NCCCOC(C)C)s1. The maximum Gasteiger partial charge on any atom is 0.230 e. The average Bonchev–Trinajstić information content (AvgIpc) is 3.11. The van der Waals surface area contributed by atoms with Gasteiger partial charge in [-0.1, -0.05) is 34.9 Å². The van der Waals surface area contributed by atoms with Crippen molar-refractivity contribution >= 4 is 46.7 Å². The first-order valence-corrected chi connectivity index (χ1v) is 12.5. The highest BCUT2D eigenvalue weighted by Gasteiger charge is 2.10. The summed E-state index contributed by atoms with van der Waals surface area (Å²) in [4.78, 5) is 23.7. The summed E-state index contributed by atoms with van der Waals surface area (Å²) < 4.78 is 12.3. The lowest BCUT2D eigenvalue weighted by Gasteiger charge is -2.07. The molecule has 0 bridgehead atoms. The molecule has 0 radical (unpaired) electrons. The third-order valence-corrected chi connectivity index (χ3v) is 6.42. The van der Waals surface area contributed by atoms with E-state index in [1.165, 1.54) is 34.9 Å². The van der Waals surface area contributed by atoms with Crippen molar-refractivity contribution in [1.29, 1.82) is 0 Å². The van der Waals surface area contributed by atoms with Crippen molar-refractivity contribution in [2.75, 3.05) is 37.8 Å². The van der Waals surface area contributed by atoms with Gasteiger partial charge in [0.1, 0.15) is 0 Å². The molecule has 0 saturated heterocycles. The lowest BCUT2D eigenvalue weighted by atomic mass is 10.4. The Kier molecular flexibility index (Phi) is 14.3. The fourth-order valence-electron chi connectivity index (χ4n) is 1.91. The summed E-state index contributed by atoms with van der Waals surface area (Å²) >= 11 is 4.09. The summed E-state index contributed by atoms with van der Waals surface area (Å²) in [7, 11) is 0. The second kappa shape index (κ2) is 15.9. The predicted octanol–water partition coefficient (Wildman–Crippen LogP) is 2.58. The molecule has 0 aliphatic rings. The summed E-state index contributed by atoms with van der Waals surface area (Å²) in [6, 6.07) is 0. The molecule has 0 atom stereocenters. The molecular formula is C18H32N4O4S3. The summed E-state index contributed by atoms with van der Waals surface area (Å²) in [6.07, 6.45) is 2.00. The number of rotatable bonds is 16.